The van der Waals surface area contributed by atoms with E-state index in [4.69, 9.17) is 4.74 Å². The largest absolute Gasteiger partial charge is 0.469 e. The molecule has 2 fully saturated rings. The van der Waals surface area contributed by atoms with Crippen LogP contribution in [0.3, 0.4) is 0 Å². The number of esters is 1. The van der Waals surface area contributed by atoms with Crippen molar-refractivity contribution in [2.75, 3.05) is 7.11 Å². The van der Waals surface area contributed by atoms with Crippen LogP contribution in [0.5, 0.6) is 0 Å². The fraction of sp³-hybridized carbons (Fsp3) is 0.941. The van der Waals surface area contributed by atoms with Crippen LogP contribution in [0.2, 0.25) is 0 Å². The lowest BCUT2D eigenvalue weighted by Crippen LogP contribution is -2.41. The minimum Gasteiger partial charge on any atom is -0.469 e. The number of fused-ring (bicyclic) bond motifs is 1. The van der Waals surface area contributed by atoms with Gasteiger partial charge in [-0.2, -0.15) is 0 Å². The first-order valence-corrected chi connectivity index (χ1v) is 8.24. The quantitative estimate of drug-likeness (QED) is 0.784. The maximum absolute atomic E-state index is 11.2. The van der Waals surface area contributed by atoms with E-state index in [1.807, 2.05) is 0 Å². The highest BCUT2D eigenvalue weighted by Gasteiger charge is 2.51. The van der Waals surface area contributed by atoms with Gasteiger partial charge in [0.2, 0.25) is 0 Å². The summed E-state index contributed by atoms with van der Waals surface area (Å²) in [6.07, 6.45) is 8.33. The molecule has 0 amide bonds. The average Bonchev–Trinajstić information content (AvgIpc) is 2.77. The maximum Gasteiger partial charge on any atom is 0.305 e. The minimum atomic E-state index is -0.0965. The van der Waals surface area contributed by atoms with Gasteiger partial charge in [0, 0.05) is 6.42 Å². The highest BCUT2D eigenvalue weighted by molar-refractivity contribution is 5.68. The third kappa shape index (κ3) is 3.03. The Morgan fingerprint density at radius 1 is 1.40 bits per heavy atom. The Bertz CT molecular complexity index is 341. The number of rotatable bonds is 5. The normalized spacial score (nSPS) is 38.3. The van der Waals surface area contributed by atoms with Crippen LogP contribution in [-0.4, -0.2) is 24.3 Å². The first kappa shape index (κ1) is 15.8. The molecule has 2 rings (SSSR count). The molecule has 0 aromatic heterocycles. The number of ether oxygens (including phenoxy) is 1. The van der Waals surface area contributed by atoms with Gasteiger partial charge in [0.15, 0.2) is 0 Å². The standard InChI is InChI=1S/C17H30O3/c1-12(6-4-8-16(19)20-3)13-9-10-14-15(18)7-5-11-17(13,14)2/h12-15,18H,4-11H2,1-3H3/t12-,13-,14+,15-,17+/m0/s1. The number of carbonyl (C=O) groups is 1. The van der Waals surface area contributed by atoms with Crippen molar-refractivity contribution in [1.82, 2.24) is 0 Å². The number of hydrogen-bond acceptors (Lipinski definition) is 3. The number of aliphatic hydroxyl groups is 1. The second-order valence-electron chi connectivity index (χ2n) is 7.20. The summed E-state index contributed by atoms with van der Waals surface area (Å²) in [5.74, 6) is 1.75. The lowest BCUT2D eigenvalue weighted by atomic mass is 9.61. The Morgan fingerprint density at radius 3 is 2.85 bits per heavy atom. The predicted octanol–water partition coefficient (Wildman–Crippen LogP) is 3.54. The van der Waals surface area contributed by atoms with Crippen molar-refractivity contribution in [3.05, 3.63) is 0 Å². The molecule has 20 heavy (non-hydrogen) atoms. The van der Waals surface area contributed by atoms with Crippen LogP contribution in [0, 0.1) is 23.2 Å². The highest BCUT2D eigenvalue weighted by Crippen LogP contribution is 2.58. The summed E-state index contributed by atoms with van der Waals surface area (Å²) in [5.41, 5.74) is 0.322. The lowest BCUT2D eigenvalue weighted by Gasteiger charge is -2.45. The van der Waals surface area contributed by atoms with Gasteiger partial charge in [0.05, 0.1) is 13.2 Å². The van der Waals surface area contributed by atoms with Crippen molar-refractivity contribution in [2.45, 2.75) is 71.3 Å². The van der Waals surface area contributed by atoms with Gasteiger partial charge < -0.3 is 9.84 Å². The third-order valence-corrected chi connectivity index (χ3v) is 6.12. The molecule has 0 heterocycles. The summed E-state index contributed by atoms with van der Waals surface area (Å²) >= 11 is 0. The van der Waals surface area contributed by atoms with Gasteiger partial charge in [-0.25, -0.2) is 0 Å². The minimum absolute atomic E-state index is 0.0824. The predicted molar refractivity (Wildman–Crippen MR) is 79.2 cm³/mol. The topological polar surface area (TPSA) is 46.5 Å². The number of methoxy groups -OCH3 is 1. The summed E-state index contributed by atoms with van der Waals surface area (Å²) in [5, 5.41) is 10.3. The number of hydrogen-bond donors (Lipinski definition) is 1. The zero-order valence-corrected chi connectivity index (χ0v) is 13.2. The van der Waals surface area contributed by atoms with E-state index in [-0.39, 0.29) is 12.1 Å². The summed E-state index contributed by atoms with van der Waals surface area (Å²) in [4.78, 5) is 11.2. The number of aliphatic hydroxyl groups excluding tert-OH is 1. The van der Waals surface area contributed by atoms with Crippen LogP contribution < -0.4 is 0 Å². The van der Waals surface area contributed by atoms with Crippen LogP contribution in [0.25, 0.3) is 0 Å². The Labute approximate surface area is 123 Å². The van der Waals surface area contributed by atoms with E-state index in [1.54, 1.807) is 0 Å². The van der Waals surface area contributed by atoms with Crippen LogP contribution in [0.4, 0.5) is 0 Å². The van der Waals surface area contributed by atoms with Gasteiger partial charge in [0.1, 0.15) is 0 Å². The Hall–Kier alpha value is -0.570. The summed E-state index contributed by atoms with van der Waals surface area (Å²) < 4.78 is 4.71. The van der Waals surface area contributed by atoms with Gasteiger partial charge in [0.25, 0.3) is 0 Å². The van der Waals surface area contributed by atoms with E-state index in [0.29, 0.717) is 29.6 Å². The first-order chi connectivity index (χ1) is 9.49. The van der Waals surface area contributed by atoms with E-state index >= 15 is 0 Å². The molecule has 2 aliphatic rings. The Morgan fingerprint density at radius 2 is 2.15 bits per heavy atom. The maximum atomic E-state index is 11.2. The molecule has 1 N–H and O–H groups in total. The van der Waals surface area contributed by atoms with Crippen LogP contribution >= 0.6 is 0 Å². The van der Waals surface area contributed by atoms with Gasteiger partial charge >= 0.3 is 5.97 Å². The zero-order valence-electron chi connectivity index (χ0n) is 13.2. The molecule has 0 unspecified atom stereocenters. The number of carbonyl (C=O) groups excluding carboxylic acids is 1. The zero-order chi connectivity index (χ0) is 14.8. The molecule has 2 saturated carbocycles. The van der Waals surface area contributed by atoms with Crippen molar-refractivity contribution in [2.24, 2.45) is 23.2 Å². The molecule has 0 aromatic rings. The molecular weight excluding hydrogens is 252 g/mol. The fourth-order valence-electron chi connectivity index (χ4n) is 5.00. The van der Waals surface area contributed by atoms with E-state index in [0.717, 1.165) is 19.3 Å². The van der Waals surface area contributed by atoms with Crippen molar-refractivity contribution >= 4 is 5.97 Å². The molecule has 2 aliphatic carbocycles. The monoisotopic (exact) mass is 282 g/mol. The molecular formula is C17H30O3. The lowest BCUT2D eigenvalue weighted by molar-refractivity contribution is -0.140. The van der Waals surface area contributed by atoms with E-state index in [1.165, 1.54) is 32.8 Å². The summed E-state index contributed by atoms with van der Waals surface area (Å²) in [6, 6.07) is 0. The molecule has 0 radical (unpaired) electrons. The van der Waals surface area contributed by atoms with Gasteiger partial charge in [-0.05, 0) is 61.7 Å². The SMILES string of the molecule is COC(=O)CCC[C@H](C)[C@@H]1CC[C@@H]2[C@@H](O)CCC[C@@]21C. The van der Waals surface area contributed by atoms with Gasteiger partial charge in [-0.15, -0.1) is 0 Å². The fourth-order valence-corrected chi connectivity index (χ4v) is 5.00. The smallest absolute Gasteiger partial charge is 0.305 e. The molecule has 0 spiro atoms. The van der Waals surface area contributed by atoms with Crippen molar-refractivity contribution in [1.29, 1.82) is 0 Å². The molecule has 0 bridgehead atoms. The van der Waals surface area contributed by atoms with E-state index in [2.05, 4.69) is 13.8 Å². The van der Waals surface area contributed by atoms with Crippen molar-refractivity contribution in [3.8, 4) is 0 Å². The van der Waals surface area contributed by atoms with Crippen molar-refractivity contribution in [3.63, 3.8) is 0 Å². The highest BCUT2D eigenvalue weighted by atomic mass is 16.5. The second-order valence-corrected chi connectivity index (χ2v) is 7.20. The first-order valence-electron chi connectivity index (χ1n) is 8.24. The van der Waals surface area contributed by atoms with Crippen molar-refractivity contribution < 1.29 is 14.6 Å². The molecule has 0 aliphatic heterocycles. The third-order valence-electron chi connectivity index (χ3n) is 6.12. The molecule has 3 heteroatoms. The summed E-state index contributed by atoms with van der Waals surface area (Å²) in [7, 11) is 1.46. The molecule has 3 nitrogen and oxygen atoms in total. The molecule has 116 valence electrons. The average molecular weight is 282 g/mol. The summed E-state index contributed by atoms with van der Waals surface area (Å²) in [6.45, 7) is 4.73. The molecule has 0 saturated heterocycles. The Kier molecular flexibility index (Phi) is 5.11. The molecule has 5 atom stereocenters. The van der Waals surface area contributed by atoms with Crippen LogP contribution in [-0.2, 0) is 9.53 Å². The van der Waals surface area contributed by atoms with Crippen LogP contribution in [0.15, 0.2) is 0 Å². The molecule has 0 aromatic carbocycles. The van der Waals surface area contributed by atoms with Gasteiger partial charge in [-0.3, -0.25) is 4.79 Å². The second kappa shape index (κ2) is 6.46. The Balaban J connectivity index is 1.90. The van der Waals surface area contributed by atoms with Gasteiger partial charge in [-0.1, -0.05) is 20.3 Å². The van der Waals surface area contributed by atoms with E-state index < -0.39 is 0 Å². The van der Waals surface area contributed by atoms with E-state index in [9.17, 15) is 9.90 Å². The van der Waals surface area contributed by atoms with Crippen LogP contribution in [0.1, 0.15) is 65.2 Å².